The highest BCUT2D eigenvalue weighted by molar-refractivity contribution is 7.22. The van der Waals surface area contributed by atoms with Gasteiger partial charge in [-0.05, 0) is 53.5 Å². The molecule has 0 amide bonds. The average Bonchev–Trinajstić information content (AvgIpc) is 3.30. The zero-order valence-electron chi connectivity index (χ0n) is 20.2. The number of carbonyl (C=O) groups is 1. The number of nitrogens with one attached hydrogen (secondary N) is 2. The van der Waals surface area contributed by atoms with Crippen LogP contribution in [0.2, 0.25) is 0 Å². The number of aromatic nitrogens is 3. The maximum absolute atomic E-state index is 10.8. The molecule has 37 heavy (non-hydrogen) atoms. The van der Waals surface area contributed by atoms with E-state index in [9.17, 15) is 4.79 Å². The number of hydrogen-bond donors (Lipinski definition) is 3. The Morgan fingerprint density at radius 1 is 0.919 bits per heavy atom. The van der Waals surface area contributed by atoms with Gasteiger partial charge in [-0.25, -0.2) is 14.8 Å². The highest BCUT2D eigenvalue weighted by atomic mass is 32.1. The van der Waals surface area contributed by atoms with Gasteiger partial charge in [-0.3, -0.25) is 0 Å². The number of carboxylic acids is 1. The molecule has 184 valence electrons. The minimum atomic E-state index is -0.982. The fourth-order valence-electron chi connectivity index (χ4n) is 3.84. The number of carboxylic acid groups (broad SMARTS) is 1. The molecular formula is C29H25N5O2S. The van der Waals surface area contributed by atoms with Gasteiger partial charge in [0.2, 0.25) is 5.95 Å². The lowest BCUT2D eigenvalue weighted by molar-refractivity contribution is -0.131. The van der Waals surface area contributed by atoms with Crippen molar-refractivity contribution >= 4 is 56.2 Å². The smallest absolute Gasteiger partial charge is 0.328 e. The van der Waals surface area contributed by atoms with Crippen molar-refractivity contribution in [1.82, 2.24) is 15.0 Å². The van der Waals surface area contributed by atoms with Crippen molar-refractivity contribution in [3.63, 3.8) is 0 Å². The Bertz CT molecular complexity index is 1560. The van der Waals surface area contributed by atoms with Crippen LogP contribution in [0.4, 0.5) is 22.6 Å². The van der Waals surface area contributed by atoms with Gasteiger partial charge in [0.15, 0.2) is 5.13 Å². The molecule has 0 fully saturated rings. The zero-order valence-corrected chi connectivity index (χ0v) is 21.0. The second-order valence-electron chi connectivity index (χ2n) is 8.45. The Morgan fingerprint density at radius 3 is 2.49 bits per heavy atom. The van der Waals surface area contributed by atoms with E-state index in [0.717, 1.165) is 50.4 Å². The molecule has 8 heteroatoms. The van der Waals surface area contributed by atoms with Gasteiger partial charge >= 0.3 is 5.97 Å². The van der Waals surface area contributed by atoms with Crippen LogP contribution in [0.25, 0.3) is 16.3 Å². The molecule has 0 saturated heterocycles. The van der Waals surface area contributed by atoms with Crippen molar-refractivity contribution in [3.05, 3.63) is 107 Å². The third kappa shape index (κ3) is 6.36. The maximum Gasteiger partial charge on any atom is 0.328 e. The van der Waals surface area contributed by atoms with E-state index in [1.54, 1.807) is 17.4 Å². The Hall–Kier alpha value is -4.56. The summed E-state index contributed by atoms with van der Waals surface area (Å²) in [5.41, 5.74) is 5.84. The lowest BCUT2D eigenvalue weighted by Crippen LogP contribution is -2.04. The van der Waals surface area contributed by atoms with Crippen molar-refractivity contribution in [1.29, 1.82) is 0 Å². The summed E-state index contributed by atoms with van der Waals surface area (Å²) in [6.07, 6.45) is 4.30. The maximum atomic E-state index is 10.8. The number of rotatable bonds is 9. The largest absolute Gasteiger partial charge is 0.478 e. The summed E-state index contributed by atoms with van der Waals surface area (Å²) >= 11 is 1.60. The van der Waals surface area contributed by atoms with E-state index >= 15 is 0 Å². The first-order valence-corrected chi connectivity index (χ1v) is 12.7. The molecule has 0 radical (unpaired) electrons. The number of fused-ring (bicyclic) bond motifs is 1. The summed E-state index contributed by atoms with van der Waals surface area (Å²) in [6.45, 7) is 2.14. The predicted molar refractivity (Wildman–Crippen MR) is 150 cm³/mol. The number of anilines is 4. The molecule has 0 bridgehead atoms. The molecular weight excluding hydrogens is 482 g/mol. The molecule has 0 unspecified atom stereocenters. The Balaban J connectivity index is 1.42. The van der Waals surface area contributed by atoms with Crippen LogP contribution in [-0.2, 0) is 17.6 Å². The molecule has 3 aromatic carbocycles. The fraction of sp³-hybridized carbons (Fsp3) is 0.103. The van der Waals surface area contributed by atoms with Crippen molar-refractivity contribution in [2.45, 2.75) is 19.8 Å². The van der Waals surface area contributed by atoms with Crippen LogP contribution in [0.1, 0.15) is 29.3 Å². The van der Waals surface area contributed by atoms with E-state index in [0.29, 0.717) is 18.2 Å². The quantitative estimate of drug-likeness (QED) is 0.188. The van der Waals surface area contributed by atoms with Crippen molar-refractivity contribution < 1.29 is 9.90 Å². The Kier molecular flexibility index (Phi) is 7.19. The van der Waals surface area contributed by atoms with Gasteiger partial charge in [-0.1, -0.05) is 66.8 Å². The van der Waals surface area contributed by atoms with E-state index in [2.05, 4.69) is 47.9 Å². The first-order valence-electron chi connectivity index (χ1n) is 11.9. The van der Waals surface area contributed by atoms with E-state index in [-0.39, 0.29) is 0 Å². The van der Waals surface area contributed by atoms with Crippen LogP contribution < -0.4 is 10.6 Å². The van der Waals surface area contributed by atoms with Crippen LogP contribution in [-0.4, -0.2) is 26.0 Å². The highest BCUT2D eigenvalue weighted by Gasteiger charge is 2.10. The second kappa shape index (κ2) is 11.0. The van der Waals surface area contributed by atoms with Gasteiger partial charge in [0, 0.05) is 24.3 Å². The van der Waals surface area contributed by atoms with Crippen LogP contribution in [0.15, 0.2) is 84.9 Å². The van der Waals surface area contributed by atoms with Crippen LogP contribution in [0.5, 0.6) is 0 Å². The standard InChI is InChI=1S/C29H25N5O2S/c1-2-19-10-14-24-25(17-19)37-29(32-24)34-26-18-23(16-21-6-4-3-5-7-21)31-28(33-26)30-22-12-8-20(9-13-22)11-15-27(35)36/h3-15,17-18H,2,16H2,1H3,(H,35,36)(H2,30,31,32,33,34). The minimum absolute atomic E-state index is 0.458. The number of nitrogens with zero attached hydrogens (tertiary/aromatic N) is 3. The van der Waals surface area contributed by atoms with Crippen molar-refractivity contribution in [3.8, 4) is 0 Å². The lowest BCUT2D eigenvalue weighted by Gasteiger charge is -2.11. The molecule has 0 aliphatic heterocycles. The predicted octanol–water partition coefficient (Wildman–Crippen LogP) is 6.82. The molecule has 0 aliphatic carbocycles. The van der Waals surface area contributed by atoms with Gasteiger partial charge in [0.25, 0.3) is 0 Å². The summed E-state index contributed by atoms with van der Waals surface area (Å²) in [5.74, 6) is 0.128. The van der Waals surface area contributed by atoms with Crippen LogP contribution in [0.3, 0.4) is 0 Å². The number of aliphatic carboxylic acids is 1. The normalized spacial score (nSPS) is 11.2. The summed E-state index contributed by atoms with van der Waals surface area (Å²) in [7, 11) is 0. The average molecular weight is 508 g/mol. The third-order valence-corrected chi connectivity index (χ3v) is 6.62. The summed E-state index contributed by atoms with van der Waals surface area (Å²) in [5, 5.41) is 16.2. The van der Waals surface area contributed by atoms with Gasteiger partial charge in [-0.15, -0.1) is 0 Å². The molecule has 5 aromatic rings. The molecule has 0 atom stereocenters. The van der Waals surface area contributed by atoms with E-state index in [4.69, 9.17) is 20.1 Å². The minimum Gasteiger partial charge on any atom is -0.478 e. The van der Waals surface area contributed by atoms with E-state index < -0.39 is 5.97 Å². The first kappa shape index (κ1) is 24.1. The fourth-order valence-corrected chi connectivity index (χ4v) is 4.78. The molecule has 2 aromatic heterocycles. The molecule has 0 saturated carbocycles. The summed E-state index contributed by atoms with van der Waals surface area (Å²) in [4.78, 5) is 24.9. The number of benzene rings is 3. The summed E-state index contributed by atoms with van der Waals surface area (Å²) < 4.78 is 1.14. The van der Waals surface area contributed by atoms with Gasteiger partial charge in [-0.2, -0.15) is 4.98 Å². The summed E-state index contributed by atoms with van der Waals surface area (Å²) in [6, 6.07) is 25.9. The Morgan fingerprint density at radius 2 is 1.73 bits per heavy atom. The molecule has 2 heterocycles. The molecule has 5 rings (SSSR count). The monoisotopic (exact) mass is 507 g/mol. The van der Waals surface area contributed by atoms with E-state index in [1.807, 2.05) is 48.5 Å². The molecule has 3 N–H and O–H groups in total. The van der Waals surface area contributed by atoms with Gasteiger partial charge in [0.05, 0.1) is 15.9 Å². The zero-order chi connectivity index (χ0) is 25.6. The number of thiazole rings is 1. The highest BCUT2D eigenvalue weighted by Crippen LogP contribution is 2.29. The van der Waals surface area contributed by atoms with Crippen molar-refractivity contribution in [2.75, 3.05) is 10.6 Å². The number of hydrogen-bond acceptors (Lipinski definition) is 7. The molecule has 0 spiro atoms. The topological polar surface area (TPSA) is 100 Å². The molecule has 7 nitrogen and oxygen atoms in total. The van der Waals surface area contributed by atoms with Crippen LogP contribution in [0, 0.1) is 0 Å². The first-order chi connectivity index (χ1) is 18.0. The van der Waals surface area contributed by atoms with E-state index in [1.165, 1.54) is 5.56 Å². The van der Waals surface area contributed by atoms with Crippen molar-refractivity contribution in [2.24, 2.45) is 0 Å². The SMILES string of the molecule is CCc1ccc2nc(Nc3cc(Cc4ccccc4)nc(Nc4ccc(C=CC(=O)O)cc4)n3)sc2c1. The lowest BCUT2D eigenvalue weighted by atomic mass is 10.1. The van der Waals surface area contributed by atoms with Crippen LogP contribution >= 0.6 is 11.3 Å². The van der Waals surface area contributed by atoms with Gasteiger partial charge < -0.3 is 15.7 Å². The third-order valence-electron chi connectivity index (χ3n) is 5.69. The second-order valence-corrected chi connectivity index (χ2v) is 9.48. The van der Waals surface area contributed by atoms with Gasteiger partial charge in [0.1, 0.15) is 5.82 Å². The number of aryl methyl sites for hydroxylation is 1. The Labute approximate surface area is 218 Å². The molecule has 0 aliphatic rings.